The topological polar surface area (TPSA) is 78.9 Å². The molecular weight excluding hydrogens is 248 g/mol. The van der Waals surface area contributed by atoms with Crippen LogP contribution in [0.4, 0.5) is 4.79 Å². The molecule has 6 nitrogen and oxygen atoms in total. The highest BCUT2D eigenvalue weighted by molar-refractivity contribution is 5.75. The standard InChI is InChI=1S/C13H24N2O4/c1-13(2,6-4-11(16)17)14-12(18)15-7-5-10(8-15)9-19-3/h10H,4-9H2,1-3H3,(H,14,18)(H,16,17). The lowest BCUT2D eigenvalue weighted by Crippen LogP contribution is -2.49. The number of hydrogen-bond acceptors (Lipinski definition) is 3. The summed E-state index contributed by atoms with van der Waals surface area (Å²) in [4.78, 5) is 24.4. The molecule has 19 heavy (non-hydrogen) atoms. The molecule has 1 unspecified atom stereocenters. The summed E-state index contributed by atoms with van der Waals surface area (Å²) in [6.07, 6.45) is 1.43. The number of urea groups is 1. The van der Waals surface area contributed by atoms with Crippen molar-refractivity contribution in [1.82, 2.24) is 10.2 Å². The number of rotatable bonds is 6. The van der Waals surface area contributed by atoms with E-state index in [4.69, 9.17) is 9.84 Å². The largest absolute Gasteiger partial charge is 0.481 e. The average molecular weight is 272 g/mol. The fraction of sp³-hybridized carbons (Fsp3) is 0.846. The van der Waals surface area contributed by atoms with Gasteiger partial charge in [-0.05, 0) is 26.7 Å². The number of nitrogens with one attached hydrogen (secondary N) is 1. The number of amides is 2. The van der Waals surface area contributed by atoms with Crippen molar-refractivity contribution in [2.75, 3.05) is 26.8 Å². The molecule has 110 valence electrons. The number of likely N-dealkylation sites (tertiary alicyclic amines) is 1. The van der Waals surface area contributed by atoms with Gasteiger partial charge in [-0.15, -0.1) is 0 Å². The summed E-state index contributed by atoms with van der Waals surface area (Å²) in [7, 11) is 1.66. The predicted octanol–water partition coefficient (Wildman–Crippen LogP) is 1.31. The van der Waals surface area contributed by atoms with Gasteiger partial charge in [0.25, 0.3) is 0 Å². The minimum Gasteiger partial charge on any atom is -0.481 e. The van der Waals surface area contributed by atoms with E-state index in [-0.39, 0.29) is 12.5 Å². The van der Waals surface area contributed by atoms with Crippen molar-refractivity contribution in [2.45, 2.75) is 38.6 Å². The fourth-order valence-electron chi connectivity index (χ4n) is 2.24. The van der Waals surface area contributed by atoms with Crippen molar-refractivity contribution in [1.29, 1.82) is 0 Å². The first-order valence-electron chi connectivity index (χ1n) is 6.62. The van der Waals surface area contributed by atoms with Gasteiger partial charge in [-0.25, -0.2) is 4.79 Å². The van der Waals surface area contributed by atoms with Gasteiger partial charge in [0.15, 0.2) is 0 Å². The van der Waals surface area contributed by atoms with Gasteiger partial charge < -0.3 is 20.1 Å². The first kappa shape index (κ1) is 15.8. The van der Waals surface area contributed by atoms with Gasteiger partial charge in [0.1, 0.15) is 0 Å². The normalized spacial score (nSPS) is 19.5. The second kappa shape index (κ2) is 6.75. The van der Waals surface area contributed by atoms with Gasteiger partial charge in [0, 0.05) is 38.1 Å². The predicted molar refractivity (Wildman–Crippen MR) is 71.0 cm³/mol. The van der Waals surface area contributed by atoms with Crippen LogP contribution in [0.25, 0.3) is 0 Å². The lowest BCUT2D eigenvalue weighted by Gasteiger charge is -2.29. The minimum atomic E-state index is -0.844. The van der Waals surface area contributed by atoms with Gasteiger partial charge in [0.05, 0.1) is 6.61 Å². The quantitative estimate of drug-likeness (QED) is 0.764. The Labute approximate surface area is 114 Å². The Morgan fingerprint density at radius 1 is 1.47 bits per heavy atom. The number of carbonyl (C=O) groups is 2. The first-order valence-corrected chi connectivity index (χ1v) is 6.62. The summed E-state index contributed by atoms with van der Waals surface area (Å²) in [6, 6.07) is -0.117. The molecule has 2 amide bonds. The van der Waals surface area contributed by atoms with Gasteiger partial charge in [-0.2, -0.15) is 0 Å². The van der Waals surface area contributed by atoms with E-state index in [1.807, 2.05) is 13.8 Å². The van der Waals surface area contributed by atoms with Crippen LogP contribution in [0.3, 0.4) is 0 Å². The summed E-state index contributed by atoms with van der Waals surface area (Å²) in [6.45, 7) is 5.79. The van der Waals surface area contributed by atoms with E-state index < -0.39 is 11.5 Å². The number of nitrogens with zero attached hydrogens (tertiary/aromatic N) is 1. The first-order chi connectivity index (χ1) is 8.84. The maximum absolute atomic E-state index is 12.1. The number of methoxy groups -OCH3 is 1. The molecular formula is C13H24N2O4. The van der Waals surface area contributed by atoms with E-state index in [0.717, 1.165) is 13.0 Å². The van der Waals surface area contributed by atoms with Crippen molar-refractivity contribution >= 4 is 12.0 Å². The molecule has 1 saturated heterocycles. The van der Waals surface area contributed by atoms with Crippen LogP contribution < -0.4 is 5.32 Å². The third kappa shape index (κ3) is 5.46. The van der Waals surface area contributed by atoms with E-state index in [1.165, 1.54) is 0 Å². The molecule has 0 aromatic heterocycles. The number of ether oxygens (including phenoxy) is 1. The second-order valence-corrected chi connectivity index (χ2v) is 5.76. The zero-order valence-corrected chi connectivity index (χ0v) is 11.9. The molecule has 0 bridgehead atoms. The van der Waals surface area contributed by atoms with Crippen LogP contribution in [0.15, 0.2) is 0 Å². The molecule has 1 heterocycles. The molecule has 0 spiro atoms. The smallest absolute Gasteiger partial charge is 0.317 e. The number of carbonyl (C=O) groups excluding carboxylic acids is 1. The fourth-order valence-corrected chi connectivity index (χ4v) is 2.24. The molecule has 0 aliphatic carbocycles. The van der Waals surface area contributed by atoms with Crippen molar-refractivity contribution in [3.8, 4) is 0 Å². The third-order valence-electron chi connectivity index (χ3n) is 3.38. The Morgan fingerprint density at radius 2 is 2.16 bits per heavy atom. The number of carboxylic acid groups (broad SMARTS) is 1. The molecule has 2 N–H and O–H groups in total. The minimum absolute atomic E-state index is 0.0551. The van der Waals surface area contributed by atoms with E-state index in [2.05, 4.69) is 5.32 Å². The lowest BCUT2D eigenvalue weighted by molar-refractivity contribution is -0.137. The molecule has 0 saturated carbocycles. The van der Waals surface area contributed by atoms with E-state index in [9.17, 15) is 9.59 Å². The maximum atomic E-state index is 12.1. The molecule has 1 aliphatic rings. The number of aliphatic carboxylic acids is 1. The Balaban J connectivity index is 2.40. The average Bonchev–Trinajstić information content (AvgIpc) is 2.75. The van der Waals surface area contributed by atoms with Crippen molar-refractivity contribution in [3.63, 3.8) is 0 Å². The van der Waals surface area contributed by atoms with Crippen LogP contribution >= 0.6 is 0 Å². The van der Waals surface area contributed by atoms with Crippen LogP contribution in [-0.2, 0) is 9.53 Å². The summed E-state index contributed by atoms with van der Waals surface area (Å²) >= 11 is 0. The molecule has 1 fully saturated rings. The monoisotopic (exact) mass is 272 g/mol. The van der Waals surface area contributed by atoms with Crippen LogP contribution in [0.1, 0.15) is 33.1 Å². The van der Waals surface area contributed by atoms with Gasteiger partial charge in [0.2, 0.25) is 0 Å². The molecule has 1 atom stereocenters. The SMILES string of the molecule is COCC1CCN(C(=O)NC(C)(C)CCC(=O)O)C1. The highest BCUT2D eigenvalue weighted by atomic mass is 16.5. The highest BCUT2D eigenvalue weighted by Crippen LogP contribution is 2.18. The zero-order valence-electron chi connectivity index (χ0n) is 11.9. The van der Waals surface area contributed by atoms with Gasteiger partial charge in [-0.1, -0.05) is 0 Å². The van der Waals surface area contributed by atoms with Crippen molar-refractivity contribution in [3.05, 3.63) is 0 Å². The van der Waals surface area contributed by atoms with E-state index in [1.54, 1.807) is 12.0 Å². The van der Waals surface area contributed by atoms with Crippen LogP contribution in [0.5, 0.6) is 0 Å². The summed E-state index contributed by atoms with van der Waals surface area (Å²) in [5, 5.41) is 11.6. The number of hydrogen-bond donors (Lipinski definition) is 2. The summed E-state index contributed by atoms with van der Waals surface area (Å²) in [5.74, 6) is -0.443. The van der Waals surface area contributed by atoms with Gasteiger partial charge in [-0.3, -0.25) is 4.79 Å². The molecule has 1 aliphatic heterocycles. The molecule has 1 rings (SSSR count). The Hall–Kier alpha value is -1.30. The van der Waals surface area contributed by atoms with Gasteiger partial charge >= 0.3 is 12.0 Å². The van der Waals surface area contributed by atoms with Crippen molar-refractivity contribution < 1.29 is 19.4 Å². The molecule has 0 aromatic rings. The molecule has 0 aromatic carbocycles. The van der Waals surface area contributed by atoms with Crippen LogP contribution in [-0.4, -0.2) is 54.4 Å². The summed E-state index contributed by atoms with van der Waals surface area (Å²) in [5.41, 5.74) is -0.505. The van der Waals surface area contributed by atoms with E-state index in [0.29, 0.717) is 25.5 Å². The maximum Gasteiger partial charge on any atom is 0.317 e. The molecule has 6 heteroatoms. The van der Waals surface area contributed by atoms with Crippen LogP contribution in [0, 0.1) is 5.92 Å². The van der Waals surface area contributed by atoms with Crippen LogP contribution in [0.2, 0.25) is 0 Å². The van der Waals surface area contributed by atoms with Crippen molar-refractivity contribution in [2.24, 2.45) is 5.92 Å². The lowest BCUT2D eigenvalue weighted by atomic mass is 9.99. The Bertz CT molecular complexity index is 331. The van der Waals surface area contributed by atoms with E-state index >= 15 is 0 Å². The second-order valence-electron chi connectivity index (χ2n) is 5.76. The zero-order chi connectivity index (χ0) is 14.5. The molecule has 0 radical (unpaired) electrons. The highest BCUT2D eigenvalue weighted by Gasteiger charge is 2.29. The number of carboxylic acids is 1. The Kier molecular flexibility index (Phi) is 5.60. The summed E-state index contributed by atoms with van der Waals surface area (Å²) < 4.78 is 5.10. The Morgan fingerprint density at radius 3 is 2.74 bits per heavy atom. The third-order valence-corrected chi connectivity index (χ3v) is 3.38.